The minimum Gasteiger partial charge on any atom is -0.444 e. The molecule has 2 aromatic heterocycles. The molecule has 2 aromatic carbocycles. The highest BCUT2D eigenvalue weighted by Crippen LogP contribution is 2.24. The van der Waals surface area contributed by atoms with Gasteiger partial charge in [-0.3, -0.25) is 9.48 Å². The van der Waals surface area contributed by atoms with Crippen LogP contribution in [0, 0.1) is 5.82 Å². The molecule has 204 valence electrons. The van der Waals surface area contributed by atoms with Gasteiger partial charge in [0.1, 0.15) is 17.2 Å². The number of likely N-dealkylation sites (tertiary alicyclic amines) is 1. The van der Waals surface area contributed by atoms with Gasteiger partial charge in [0.05, 0.1) is 17.2 Å². The van der Waals surface area contributed by atoms with Gasteiger partial charge in [0, 0.05) is 30.4 Å². The summed E-state index contributed by atoms with van der Waals surface area (Å²) < 4.78 is 20.7. The second-order valence-electron chi connectivity index (χ2n) is 10.8. The predicted octanol–water partition coefficient (Wildman–Crippen LogP) is 5.39. The average molecular weight is 534 g/mol. The van der Waals surface area contributed by atoms with Crippen LogP contribution in [0.1, 0.15) is 56.9 Å². The number of aryl methyl sites for hydroxylation is 1. The summed E-state index contributed by atoms with van der Waals surface area (Å²) in [6.45, 7) is 6.80. The highest BCUT2D eigenvalue weighted by atomic mass is 19.1. The lowest BCUT2D eigenvalue weighted by atomic mass is 10.00. The molecule has 0 bridgehead atoms. The number of rotatable bonds is 6. The lowest BCUT2D eigenvalue weighted by Crippen LogP contribution is -2.46. The van der Waals surface area contributed by atoms with E-state index in [9.17, 15) is 14.0 Å². The number of aromatic amines is 1. The van der Waals surface area contributed by atoms with Crippen molar-refractivity contribution in [3.8, 4) is 11.4 Å². The number of fused-ring (bicyclic) bond motifs is 1. The Balaban J connectivity index is 1.17. The standard InChI is InChI=1S/C28H32FN7O3/c1-28(2,3)39-27(38)36-14-5-4-6-21(36)13-15-35-17-24(33-34-35)26(37)30-20-10-7-18(8-11-20)25-31-22-12-9-19(29)16-23(22)32-25/h7-12,16-17,21H,4-6,13-15H2,1-3H3,(H,30,37)(H,31,32). The third-order valence-corrected chi connectivity index (χ3v) is 6.58. The molecule has 11 heteroatoms. The molecule has 1 atom stereocenters. The van der Waals surface area contributed by atoms with Gasteiger partial charge in [0.25, 0.3) is 5.91 Å². The number of carbonyl (C=O) groups is 2. The number of amides is 2. The summed E-state index contributed by atoms with van der Waals surface area (Å²) in [7, 11) is 0. The van der Waals surface area contributed by atoms with Crippen LogP contribution in [-0.4, -0.2) is 60.0 Å². The summed E-state index contributed by atoms with van der Waals surface area (Å²) in [6.07, 6.45) is 4.94. The number of carbonyl (C=O) groups excluding carboxylic acids is 2. The van der Waals surface area contributed by atoms with Crippen LogP contribution >= 0.6 is 0 Å². The minimum absolute atomic E-state index is 0.0550. The third kappa shape index (κ3) is 6.42. The van der Waals surface area contributed by atoms with Gasteiger partial charge in [0.15, 0.2) is 5.69 Å². The molecular formula is C28H32FN7O3. The molecule has 2 amide bonds. The number of halogens is 1. The van der Waals surface area contributed by atoms with Crippen LogP contribution in [0.15, 0.2) is 48.7 Å². The molecule has 10 nitrogen and oxygen atoms in total. The molecule has 1 unspecified atom stereocenters. The van der Waals surface area contributed by atoms with Gasteiger partial charge in [0.2, 0.25) is 0 Å². The number of anilines is 1. The van der Waals surface area contributed by atoms with Gasteiger partial charge in [-0.15, -0.1) is 5.10 Å². The first-order chi connectivity index (χ1) is 18.6. The maximum Gasteiger partial charge on any atom is 0.410 e. The summed E-state index contributed by atoms with van der Waals surface area (Å²) in [6, 6.07) is 11.6. The van der Waals surface area contributed by atoms with Gasteiger partial charge >= 0.3 is 6.09 Å². The molecular weight excluding hydrogens is 501 g/mol. The van der Waals surface area contributed by atoms with E-state index in [0.717, 1.165) is 24.8 Å². The van der Waals surface area contributed by atoms with Crippen LogP contribution in [0.2, 0.25) is 0 Å². The third-order valence-electron chi connectivity index (χ3n) is 6.58. The maximum atomic E-state index is 13.5. The number of aromatic nitrogens is 5. The summed E-state index contributed by atoms with van der Waals surface area (Å²) in [4.78, 5) is 34.8. The molecule has 2 N–H and O–H groups in total. The van der Waals surface area contributed by atoms with Crippen molar-refractivity contribution < 1.29 is 18.7 Å². The normalized spacial score (nSPS) is 15.9. The van der Waals surface area contributed by atoms with Crippen LogP contribution in [0.3, 0.4) is 0 Å². The number of hydrogen-bond acceptors (Lipinski definition) is 6. The smallest absolute Gasteiger partial charge is 0.410 e. The number of nitrogens with zero attached hydrogens (tertiary/aromatic N) is 5. The molecule has 4 aromatic rings. The number of ether oxygens (including phenoxy) is 1. The zero-order chi connectivity index (χ0) is 27.6. The fraction of sp³-hybridized carbons (Fsp3) is 0.393. The van der Waals surface area contributed by atoms with Crippen molar-refractivity contribution in [3.63, 3.8) is 0 Å². The highest BCUT2D eigenvalue weighted by molar-refractivity contribution is 6.02. The van der Waals surface area contributed by atoms with E-state index in [2.05, 4.69) is 25.6 Å². The minimum atomic E-state index is -0.540. The van der Waals surface area contributed by atoms with E-state index in [1.807, 2.05) is 37.8 Å². The Hall–Kier alpha value is -4.28. The maximum absolute atomic E-state index is 13.5. The first-order valence-corrected chi connectivity index (χ1v) is 13.1. The van der Waals surface area contributed by atoms with E-state index in [1.54, 1.807) is 29.1 Å². The van der Waals surface area contributed by atoms with Crippen molar-refractivity contribution in [1.82, 2.24) is 29.9 Å². The highest BCUT2D eigenvalue weighted by Gasteiger charge is 2.30. The Labute approximate surface area is 225 Å². The molecule has 1 saturated heterocycles. The Morgan fingerprint density at radius 3 is 2.72 bits per heavy atom. The van der Waals surface area contributed by atoms with Crippen LogP contribution in [-0.2, 0) is 11.3 Å². The number of H-pyrrole nitrogens is 1. The van der Waals surface area contributed by atoms with Crippen LogP contribution < -0.4 is 5.32 Å². The van der Waals surface area contributed by atoms with Crippen molar-refractivity contribution >= 4 is 28.7 Å². The van der Waals surface area contributed by atoms with Crippen molar-refractivity contribution in [3.05, 3.63) is 60.2 Å². The molecule has 0 radical (unpaired) electrons. The van der Waals surface area contributed by atoms with Gasteiger partial charge < -0.3 is 19.9 Å². The quantitative estimate of drug-likeness (QED) is 0.343. The SMILES string of the molecule is CC(C)(C)OC(=O)N1CCCCC1CCn1cc(C(=O)Nc2ccc(-c3nc4ccc(F)cc4[nH]3)cc2)nn1. The second-order valence-corrected chi connectivity index (χ2v) is 10.8. The first-order valence-electron chi connectivity index (χ1n) is 13.1. The monoisotopic (exact) mass is 533 g/mol. The Bertz CT molecular complexity index is 1470. The molecule has 0 aliphatic carbocycles. The van der Waals surface area contributed by atoms with E-state index < -0.39 is 5.60 Å². The molecule has 0 spiro atoms. The van der Waals surface area contributed by atoms with Crippen LogP contribution in [0.25, 0.3) is 22.4 Å². The van der Waals surface area contributed by atoms with Crippen LogP contribution in [0.5, 0.6) is 0 Å². The largest absolute Gasteiger partial charge is 0.444 e. The number of piperidine rings is 1. The first kappa shape index (κ1) is 26.3. The number of nitrogens with one attached hydrogen (secondary N) is 2. The van der Waals surface area contributed by atoms with E-state index in [-0.39, 0.29) is 29.6 Å². The summed E-state index contributed by atoms with van der Waals surface area (Å²) in [5.41, 5.74) is 2.35. The molecule has 3 heterocycles. The zero-order valence-electron chi connectivity index (χ0n) is 22.3. The fourth-order valence-corrected chi connectivity index (χ4v) is 4.68. The van der Waals surface area contributed by atoms with Crippen LogP contribution in [0.4, 0.5) is 14.9 Å². The molecule has 39 heavy (non-hydrogen) atoms. The van der Waals surface area contributed by atoms with E-state index in [1.165, 1.54) is 12.1 Å². The predicted molar refractivity (Wildman–Crippen MR) is 145 cm³/mol. The van der Waals surface area contributed by atoms with Crippen molar-refractivity contribution in [2.75, 3.05) is 11.9 Å². The van der Waals surface area contributed by atoms with Crippen molar-refractivity contribution in [2.24, 2.45) is 0 Å². The van der Waals surface area contributed by atoms with Gasteiger partial charge in [-0.25, -0.2) is 14.2 Å². The summed E-state index contributed by atoms with van der Waals surface area (Å²) >= 11 is 0. The van der Waals surface area contributed by atoms with Gasteiger partial charge in [-0.2, -0.15) is 0 Å². The van der Waals surface area contributed by atoms with Crippen molar-refractivity contribution in [2.45, 2.75) is 64.6 Å². The summed E-state index contributed by atoms with van der Waals surface area (Å²) in [5.74, 6) is -0.0923. The Morgan fingerprint density at radius 1 is 1.15 bits per heavy atom. The zero-order valence-corrected chi connectivity index (χ0v) is 22.3. The molecule has 1 aliphatic heterocycles. The number of imidazole rings is 1. The Morgan fingerprint density at radius 2 is 1.95 bits per heavy atom. The van der Waals surface area contributed by atoms with E-state index in [4.69, 9.17) is 4.74 Å². The lowest BCUT2D eigenvalue weighted by Gasteiger charge is -2.36. The van der Waals surface area contributed by atoms with E-state index >= 15 is 0 Å². The molecule has 5 rings (SSSR count). The lowest BCUT2D eigenvalue weighted by molar-refractivity contribution is 0.00825. The van der Waals surface area contributed by atoms with Crippen molar-refractivity contribution in [1.29, 1.82) is 0 Å². The average Bonchev–Trinajstić information content (AvgIpc) is 3.54. The summed E-state index contributed by atoms with van der Waals surface area (Å²) in [5, 5.41) is 11.0. The van der Waals surface area contributed by atoms with Gasteiger partial charge in [-0.05, 0) is 88.9 Å². The Kier molecular flexibility index (Phi) is 7.32. The molecule has 1 fully saturated rings. The molecule has 1 aliphatic rings. The van der Waals surface area contributed by atoms with Gasteiger partial charge in [-0.1, -0.05) is 5.21 Å². The topological polar surface area (TPSA) is 118 Å². The van der Waals surface area contributed by atoms with E-state index in [0.29, 0.717) is 42.1 Å². The molecule has 0 saturated carbocycles. The fourth-order valence-electron chi connectivity index (χ4n) is 4.68. The second kappa shape index (κ2) is 10.8. The number of benzene rings is 2. The number of hydrogen-bond donors (Lipinski definition) is 2.